The lowest BCUT2D eigenvalue weighted by Crippen LogP contribution is -2.42. The van der Waals surface area contributed by atoms with Gasteiger partial charge < -0.3 is 10.2 Å². The lowest BCUT2D eigenvalue weighted by Gasteiger charge is -2.31. The van der Waals surface area contributed by atoms with Crippen LogP contribution in [0.15, 0.2) is 24.3 Å². The Morgan fingerprint density at radius 2 is 1.87 bits per heavy atom. The van der Waals surface area contributed by atoms with Crippen LogP contribution in [0.25, 0.3) is 0 Å². The van der Waals surface area contributed by atoms with E-state index in [0.717, 1.165) is 12.8 Å². The molecule has 1 aromatic carbocycles. The highest BCUT2D eigenvalue weighted by Crippen LogP contribution is 2.37. The SMILES string of the molecule is C[C@@H]1CC[C@@H](NC(=O)N2CC[C@@H](S(C)(=O)=O)C2)c2ccccc21. The molecular formula is C17H24N2O3S. The maximum Gasteiger partial charge on any atom is 0.317 e. The second kappa shape index (κ2) is 6.15. The summed E-state index contributed by atoms with van der Waals surface area (Å²) in [5, 5.41) is 2.68. The van der Waals surface area contributed by atoms with Gasteiger partial charge in [0.1, 0.15) is 0 Å². The Labute approximate surface area is 138 Å². The molecule has 2 amide bonds. The van der Waals surface area contributed by atoms with Gasteiger partial charge in [-0.3, -0.25) is 0 Å². The number of sulfone groups is 1. The standard InChI is InChI=1S/C17H24N2O3S/c1-12-7-8-16(15-6-4-3-5-14(12)15)18-17(20)19-10-9-13(11-19)23(2,21)22/h3-6,12-13,16H,7-11H2,1-2H3,(H,18,20)/t12-,13-,16-/m1/s1. The van der Waals surface area contributed by atoms with Crippen LogP contribution in [-0.4, -0.2) is 43.9 Å². The number of fused-ring (bicyclic) bond motifs is 1. The van der Waals surface area contributed by atoms with Crippen molar-refractivity contribution >= 4 is 15.9 Å². The number of urea groups is 1. The molecule has 0 unspecified atom stereocenters. The molecule has 1 N–H and O–H groups in total. The van der Waals surface area contributed by atoms with Gasteiger partial charge in [0, 0.05) is 19.3 Å². The van der Waals surface area contributed by atoms with E-state index in [1.54, 1.807) is 4.90 Å². The molecular weight excluding hydrogens is 312 g/mol. The number of nitrogens with one attached hydrogen (secondary N) is 1. The summed E-state index contributed by atoms with van der Waals surface area (Å²) in [6.45, 7) is 3.03. The molecule has 6 heteroatoms. The molecule has 1 aliphatic heterocycles. The maximum atomic E-state index is 12.5. The van der Waals surface area contributed by atoms with Crippen LogP contribution >= 0.6 is 0 Å². The number of carbonyl (C=O) groups excluding carboxylic acids is 1. The van der Waals surface area contributed by atoms with Gasteiger partial charge in [0.25, 0.3) is 0 Å². The first-order valence-electron chi connectivity index (χ1n) is 8.19. The monoisotopic (exact) mass is 336 g/mol. The third-order valence-electron chi connectivity index (χ3n) is 5.13. The number of hydrogen-bond donors (Lipinski definition) is 1. The fourth-order valence-electron chi connectivity index (χ4n) is 3.66. The average Bonchev–Trinajstić information content (AvgIpc) is 3.00. The smallest absolute Gasteiger partial charge is 0.317 e. The predicted molar refractivity (Wildman–Crippen MR) is 90.2 cm³/mol. The van der Waals surface area contributed by atoms with E-state index < -0.39 is 15.1 Å². The van der Waals surface area contributed by atoms with E-state index in [0.29, 0.717) is 25.4 Å². The number of likely N-dealkylation sites (tertiary alicyclic amines) is 1. The molecule has 126 valence electrons. The highest BCUT2D eigenvalue weighted by Gasteiger charge is 2.34. The van der Waals surface area contributed by atoms with Crippen LogP contribution in [-0.2, 0) is 9.84 Å². The van der Waals surface area contributed by atoms with Crippen molar-refractivity contribution in [3.8, 4) is 0 Å². The molecule has 1 aromatic rings. The number of nitrogens with zero attached hydrogens (tertiary/aromatic N) is 1. The highest BCUT2D eigenvalue weighted by atomic mass is 32.2. The molecule has 0 saturated carbocycles. The highest BCUT2D eigenvalue weighted by molar-refractivity contribution is 7.91. The number of rotatable bonds is 2. The summed E-state index contributed by atoms with van der Waals surface area (Å²) >= 11 is 0. The second-order valence-electron chi connectivity index (χ2n) is 6.80. The van der Waals surface area contributed by atoms with Crippen molar-refractivity contribution in [1.82, 2.24) is 10.2 Å². The Bertz CT molecular complexity index is 702. The molecule has 0 spiro atoms. The lowest BCUT2D eigenvalue weighted by molar-refractivity contribution is 0.203. The minimum Gasteiger partial charge on any atom is -0.331 e. The Hall–Kier alpha value is -1.56. The summed E-state index contributed by atoms with van der Waals surface area (Å²) in [5.41, 5.74) is 2.50. The van der Waals surface area contributed by atoms with Gasteiger partial charge in [-0.05, 0) is 36.3 Å². The third kappa shape index (κ3) is 3.37. The first-order valence-corrected chi connectivity index (χ1v) is 10.1. The van der Waals surface area contributed by atoms with Crippen molar-refractivity contribution in [1.29, 1.82) is 0 Å². The largest absolute Gasteiger partial charge is 0.331 e. The normalized spacial score (nSPS) is 27.6. The summed E-state index contributed by atoms with van der Waals surface area (Å²) < 4.78 is 23.3. The fraction of sp³-hybridized carbons (Fsp3) is 0.588. The van der Waals surface area contributed by atoms with E-state index >= 15 is 0 Å². The summed E-state index contributed by atoms with van der Waals surface area (Å²) in [6, 6.07) is 8.13. The van der Waals surface area contributed by atoms with Crippen LogP contribution in [0, 0.1) is 0 Å². The van der Waals surface area contributed by atoms with Crippen LogP contribution in [0.1, 0.15) is 49.3 Å². The molecule has 1 heterocycles. The summed E-state index contributed by atoms with van der Waals surface area (Å²) in [7, 11) is -3.08. The van der Waals surface area contributed by atoms with Gasteiger partial charge in [0.2, 0.25) is 0 Å². The minimum absolute atomic E-state index is 0.0205. The molecule has 0 radical (unpaired) electrons. The maximum absolute atomic E-state index is 12.5. The Morgan fingerprint density at radius 3 is 2.52 bits per heavy atom. The minimum atomic E-state index is -3.08. The van der Waals surface area contributed by atoms with Gasteiger partial charge in [-0.15, -0.1) is 0 Å². The van der Waals surface area contributed by atoms with Gasteiger partial charge in [0.05, 0.1) is 11.3 Å². The van der Waals surface area contributed by atoms with Gasteiger partial charge >= 0.3 is 6.03 Å². The van der Waals surface area contributed by atoms with E-state index in [1.165, 1.54) is 17.4 Å². The van der Waals surface area contributed by atoms with Crippen LogP contribution in [0.4, 0.5) is 4.79 Å². The lowest BCUT2D eigenvalue weighted by atomic mass is 9.81. The number of carbonyl (C=O) groups is 1. The average molecular weight is 336 g/mol. The Kier molecular flexibility index (Phi) is 4.36. The van der Waals surface area contributed by atoms with Crippen molar-refractivity contribution < 1.29 is 13.2 Å². The number of amides is 2. The fourth-order valence-corrected chi connectivity index (χ4v) is 4.64. The van der Waals surface area contributed by atoms with E-state index in [9.17, 15) is 13.2 Å². The zero-order valence-electron chi connectivity index (χ0n) is 13.7. The second-order valence-corrected chi connectivity index (χ2v) is 9.12. The first kappa shape index (κ1) is 16.3. The Morgan fingerprint density at radius 1 is 1.17 bits per heavy atom. The van der Waals surface area contributed by atoms with Crippen molar-refractivity contribution in [3.05, 3.63) is 35.4 Å². The molecule has 0 bridgehead atoms. The molecule has 23 heavy (non-hydrogen) atoms. The van der Waals surface area contributed by atoms with E-state index in [1.807, 2.05) is 12.1 Å². The van der Waals surface area contributed by atoms with E-state index in [-0.39, 0.29) is 12.1 Å². The van der Waals surface area contributed by atoms with Gasteiger partial charge in [-0.25, -0.2) is 13.2 Å². The van der Waals surface area contributed by atoms with Gasteiger partial charge in [-0.2, -0.15) is 0 Å². The van der Waals surface area contributed by atoms with Crippen LogP contribution in [0.5, 0.6) is 0 Å². The van der Waals surface area contributed by atoms with E-state index in [4.69, 9.17) is 0 Å². The predicted octanol–water partition coefficient (Wildman–Crippen LogP) is 2.45. The summed E-state index contributed by atoms with van der Waals surface area (Å²) in [6.07, 6.45) is 3.75. The number of benzene rings is 1. The first-order chi connectivity index (χ1) is 10.9. The quantitative estimate of drug-likeness (QED) is 0.902. The number of hydrogen-bond acceptors (Lipinski definition) is 3. The molecule has 0 aromatic heterocycles. The summed E-state index contributed by atoms with van der Waals surface area (Å²) in [4.78, 5) is 14.1. The molecule has 1 saturated heterocycles. The molecule has 2 aliphatic rings. The van der Waals surface area contributed by atoms with Crippen molar-refractivity contribution in [2.45, 2.75) is 43.4 Å². The van der Waals surface area contributed by atoms with E-state index in [2.05, 4.69) is 24.4 Å². The van der Waals surface area contributed by atoms with Gasteiger partial charge in [0.15, 0.2) is 9.84 Å². The van der Waals surface area contributed by atoms with Crippen LogP contribution in [0.3, 0.4) is 0 Å². The third-order valence-corrected chi connectivity index (χ3v) is 6.72. The Balaban J connectivity index is 1.69. The topological polar surface area (TPSA) is 66.5 Å². The van der Waals surface area contributed by atoms with Crippen molar-refractivity contribution in [2.24, 2.45) is 0 Å². The van der Waals surface area contributed by atoms with Crippen LogP contribution in [0.2, 0.25) is 0 Å². The van der Waals surface area contributed by atoms with Crippen LogP contribution < -0.4 is 5.32 Å². The molecule has 1 fully saturated rings. The zero-order valence-corrected chi connectivity index (χ0v) is 14.5. The molecule has 3 rings (SSSR count). The van der Waals surface area contributed by atoms with Gasteiger partial charge in [-0.1, -0.05) is 31.2 Å². The molecule has 3 atom stereocenters. The van der Waals surface area contributed by atoms with Crippen molar-refractivity contribution in [3.63, 3.8) is 0 Å². The summed E-state index contributed by atoms with van der Waals surface area (Å²) in [5.74, 6) is 0.515. The molecule has 5 nitrogen and oxygen atoms in total. The molecule has 1 aliphatic carbocycles. The van der Waals surface area contributed by atoms with Crippen molar-refractivity contribution in [2.75, 3.05) is 19.3 Å². The zero-order chi connectivity index (χ0) is 16.6.